The second-order valence-corrected chi connectivity index (χ2v) is 10.5. The number of halogens is 4. The topological polar surface area (TPSA) is 103 Å². The lowest BCUT2D eigenvalue weighted by atomic mass is 9.74. The van der Waals surface area contributed by atoms with Crippen molar-refractivity contribution in [2.75, 3.05) is 23.7 Å². The monoisotopic (exact) mass is 502 g/mol. The van der Waals surface area contributed by atoms with Gasteiger partial charge in [-0.2, -0.15) is 18.2 Å². The number of hydrogen-bond donors (Lipinski definition) is 2. The van der Waals surface area contributed by atoms with Crippen LogP contribution in [0.4, 0.5) is 24.9 Å². The first kappa shape index (κ1) is 24.2. The molecule has 4 N–H and O–H groups in total. The minimum atomic E-state index is -4.73. The molecule has 0 bridgehead atoms. The third kappa shape index (κ3) is 4.42. The molecule has 33 heavy (non-hydrogen) atoms. The zero-order chi connectivity index (χ0) is 24.1. The summed E-state index contributed by atoms with van der Waals surface area (Å²) < 4.78 is 41.8. The zero-order valence-corrected chi connectivity index (χ0v) is 19.9. The van der Waals surface area contributed by atoms with E-state index < -0.39 is 22.5 Å². The van der Waals surface area contributed by atoms with Gasteiger partial charge < -0.3 is 16.4 Å². The molecule has 2 atom stereocenters. The predicted molar refractivity (Wildman–Crippen MR) is 123 cm³/mol. The van der Waals surface area contributed by atoms with Crippen molar-refractivity contribution in [3.8, 4) is 0 Å². The molecule has 2 aromatic rings. The third-order valence-electron chi connectivity index (χ3n) is 6.85. The highest BCUT2D eigenvalue weighted by atomic mass is 35.5. The smallest absolute Gasteiger partial charge is 0.382 e. The van der Waals surface area contributed by atoms with Crippen molar-refractivity contribution in [3.63, 3.8) is 0 Å². The van der Waals surface area contributed by atoms with Crippen LogP contribution < -0.4 is 21.9 Å². The van der Waals surface area contributed by atoms with Gasteiger partial charge in [0, 0.05) is 37.3 Å². The van der Waals surface area contributed by atoms with E-state index in [1.165, 1.54) is 4.57 Å². The molecule has 2 fully saturated rings. The van der Waals surface area contributed by atoms with Crippen LogP contribution in [0.5, 0.6) is 0 Å². The summed E-state index contributed by atoms with van der Waals surface area (Å²) in [5.41, 5.74) is 11.0. The third-order valence-corrected chi connectivity index (χ3v) is 8.29. The lowest BCUT2D eigenvalue weighted by molar-refractivity contribution is -0.139. The maximum atomic E-state index is 13.5. The van der Waals surface area contributed by atoms with E-state index in [2.05, 4.69) is 16.9 Å². The molecule has 2 aromatic heterocycles. The van der Waals surface area contributed by atoms with Crippen LogP contribution in [-0.4, -0.2) is 33.7 Å². The van der Waals surface area contributed by atoms with Crippen LogP contribution in [0.1, 0.15) is 38.2 Å². The van der Waals surface area contributed by atoms with Crippen molar-refractivity contribution in [2.24, 2.45) is 24.1 Å². The standard InChI is InChI=1S/C21H26ClF3N6OS/c1-11-9-13(26)20(10-11)4-7-31(8-5-20)19-29-17(27)15(18(32)30(19)2)33-12-3-6-28-16(22)14(12)21(23,24)25/h3,6,11,13H,4-5,7-10,26-27H2,1-2H3/t11-,13+/m0/s1. The first-order valence-corrected chi connectivity index (χ1v) is 11.9. The molecule has 0 unspecified atom stereocenters. The van der Waals surface area contributed by atoms with Gasteiger partial charge in [-0.1, -0.05) is 30.3 Å². The number of pyridine rings is 1. The number of aromatic nitrogens is 3. The summed E-state index contributed by atoms with van der Waals surface area (Å²) in [5.74, 6) is 0.884. The van der Waals surface area contributed by atoms with Gasteiger partial charge in [0.15, 0.2) is 0 Å². The Bertz CT molecular complexity index is 1120. The molecule has 0 radical (unpaired) electrons. The summed E-state index contributed by atoms with van der Waals surface area (Å²) >= 11 is 6.29. The molecule has 7 nitrogen and oxygen atoms in total. The number of piperidine rings is 1. The van der Waals surface area contributed by atoms with E-state index >= 15 is 0 Å². The van der Waals surface area contributed by atoms with Crippen molar-refractivity contribution < 1.29 is 13.2 Å². The molecule has 0 aromatic carbocycles. The van der Waals surface area contributed by atoms with E-state index in [0.29, 0.717) is 36.7 Å². The molecule has 3 heterocycles. The molecule has 12 heteroatoms. The van der Waals surface area contributed by atoms with Gasteiger partial charge >= 0.3 is 6.18 Å². The molecule has 1 spiro atoms. The van der Waals surface area contributed by atoms with Crippen molar-refractivity contribution in [1.82, 2.24) is 14.5 Å². The van der Waals surface area contributed by atoms with Crippen LogP contribution in [0.3, 0.4) is 0 Å². The summed E-state index contributed by atoms with van der Waals surface area (Å²) in [4.78, 5) is 22.7. The highest BCUT2D eigenvalue weighted by Gasteiger charge is 2.46. The van der Waals surface area contributed by atoms with E-state index in [1.807, 2.05) is 4.90 Å². The number of rotatable bonds is 3. The normalized spacial score (nSPS) is 22.8. The van der Waals surface area contributed by atoms with E-state index in [-0.39, 0.29) is 27.1 Å². The Balaban J connectivity index is 1.61. The summed E-state index contributed by atoms with van der Waals surface area (Å²) in [5, 5.41) is -0.686. The first-order chi connectivity index (χ1) is 15.4. The van der Waals surface area contributed by atoms with E-state index in [1.54, 1.807) is 7.05 Å². The van der Waals surface area contributed by atoms with Crippen LogP contribution >= 0.6 is 23.4 Å². The van der Waals surface area contributed by atoms with Gasteiger partial charge in [0.25, 0.3) is 5.56 Å². The van der Waals surface area contributed by atoms with Gasteiger partial charge in [0.05, 0.1) is 0 Å². The average molecular weight is 503 g/mol. The average Bonchev–Trinajstić information content (AvgIpc) is 3.00. The molecule has 4 rings (SSSR count). The molecule has 1 aliphatic carbocycles. The predicted octanol–water partition coefficient (Wildman–Crippen LogP) is 3.92. The van der Waals surface area contributed by atoms with Crippen LogP contribution in [-0.2, 0) is 13.2 Å². The number of nitrogen functional groups attached to an aromatic ring is 1. The summed E-state index contributed by atoms with van der Waals surface area (Å²) in [6, 6.07) is 1.33. The number of nitrogens with zero attached hydrogens (tertiary/aromatic N) is 4. The largest absolute Gasteiger partial charge is 0.420 e. The highest BCUT2D eigenvalue weighted by Crippen LogP contribution is 2.48. The zero-order valence-electron chi connectivity index (χ0n) is 18.3. The number of alkyl halides is 3. The van der Waals surface area contributed by atoms with Crippen molar-refractivity contribution in [2.45, 2.75) is 54.6 Å². The molecule has 0 amide bonds. The van der Waals surface area contributed by atoms with Crippen LogP contribution in [0.2, 0.25) is 5.15 Å². The Hall–Kier alpha value is -1.98. The summed E-state index contributed by atoms with van der Waals surface area (Å²) in [7, 11) is 1.55. The maximum absolute atomic E-state index is 13.5. The second kappa shape index (κ2) is 8.66. The van der Waals surface area contributed by atoms with Crippen LogP contribution in [0, 0.1) is 11.3 Å². The van der Waals surface area contributed by atoms with Crippen LogP contribution in [0.25, 0.3) is 0 Å². The fourth-order valence-corrected chi connectivity index (χ4v) is 6.53. The molecule has 1 aliphatic heterocycles. The molecular formula is C21H26ClF3N6OS. The Kier molecular flexibility index (Phi) is 6.34. The minimum Gasteiger partial charge on any atom is -0.382 e. The second-order valence-electron chi connectivity index (χ2n) is 9.07. The number of nitrogens with two attached hydrogens (primary N) is 2. The Morgan fingerprint density at radius 2 is 1.97 bits per heavy atom. The van der Waals surface area contributed by atoms with E-state index in [0.717, 1.165) is 37.9 Å². The van der Waals surface area contributed by atoms with Crippen molar-refractivity contribution in [3.05, 3.63) is 33.3 Å². The SMILES string of the molecule is C[C@H]1C[C@@H](N)C2(CCN(c3nc(N)c(Sc4ccnc(Cl)c4C(F)(F)F)c(=O)n3C)CC2)C1. The minimum absolute atomic E-state index is 0.0888. The molecule has 1 saturated carbocycles. The molecule has 2 aliphatic rings. The lowest BCUT2D eigenvalue weighted by Gasteiger charge is -2.42. The van der Waals surface area contributed by atoms with Crippen LogP contribution in [0.15, 0.2) is 26.8 Å². The molecule has 1 saturated heterocycles. The van der Waals surface area contributed by atoms with Gasteiger partial charge in [0.1, 0.15) is 21.4 Å². The lowest BCUT2D eigenvalue weighted by Crippen LogP contribution is -2.48. The molecule has 180 valence electrons. The quantitative estimate of drug-likeness (QED) is 0.613. The summed E-state index contributed by atoms with van der Waals surface area (Å²) in [6.45, 7) is 3.60. The highest BCUT2D eigenvalue weighted by molar-refractivity contribution is 7.99. The Morgan fingerprint density at radius 1 is 1.30 bits per heavy atom. The van der Waals surface area contributed by atoms with Crippen molar-refractivity contribution in [1.29, 1.82) is 0 Å². The summed E-state index contributed by atoms with van der Waals surface area (Å²) in [6.07, 6.45) is 0.338. The number of hydrogen-bond acceptors (Lipinski definition) is 7. The maximum Gasteiger partial charge on any atom is 0.420 e. The van der Waals surface area contributed by atoms with Gasteiger partial charge in [-0.25, -0.2) is 4.98 Å². The van der Waals surface area contributed by atoms with Gasteiger partial charge in [-0.15, -0.1) is 0 Å². The fraction of sp³-hybridized carbons (Fsp3) is 0.571. The Morgan fingerprint density at radius 3 is 2.55 bits per heavy atom. The first-order valence-electron chi connectivity index (χ1n) is 10.7. The van der Waals surface area contributed by atoms with E-state index in [9.17, 15) is 18.0 Å². The van der Waals surface area contributed by atoms with E-state index in [4.69, 9.17) is 23.1 Å². The van der Waals surface area contributed by atoms with Gasteiger partial charge in [-0.3, -0.25) is 9.36 Å². The van der Waals surface area contributed by atoms with Crippen molar-refractivity contribution >= 4 is 35.1 Å². The fourth-order valence-electron chi connectivity index (χ4n) is 5.18. The Labute approximate surface area is 198 Å². The molecular weight excluding hydrogens is 477 g/mol. The number of anilines is 2. The van der Waals surface area contributed by atoms with Gasteiger partial charge in [-0.05, 0) is 43.1 Å². The van der Waals surface area contributed by atoms with Gasteiger partial charge in [0.2, 0.25) is 5.95 Å².